The van der Waals surface area contributed by atoms with Crippen LogP contribution in [0, 0.1) is 0 Å². The molecule has 0 fully saturated rings. The van der Waals surface area contributed by atoms with Crippen molar-refractivity contribution >= 4 is 26.2 Å². The largest absolute Gasteiger partial charge is 0.512 e. The molecule has 0 aliphatic rings. The second-order valence-electron chi connectivity index (χ2n) is 8.40. The van der Waals surface area contributed by atoms with Crippen molar-refractivity contribution in [1.82, 2.24) is 0 Å². The number of unbranched alkanes of at least 4 members (excludes halogenated alkanes) is 4. The molecule has 0 heterocycles. The average Bonchev–Trinajstić information content (AvgIpc) is 2.61. The van der Waals surface area contributed by atoms with Gasteiger partial charge in [0.1, 0.15) is 0 Å². The van der Waals surface area contributed by atoms with E-state index in [0.29, 0.717) is 12.8 Å². The molecule has 1 radical (unpaired) electrons. The van der Waals surface area contributed by atoms with Crippen LogP contribution < -0.4 is 0 Å². The molecule has 0 saturated heterocycles. The van der Waals surface area contributed by atoms with E-state index in [1.165, 1.54) is 20.0 Å². The molecule has 0 aliphatic carbocycles. The topological polar surface area (TPSA) is 36.9 Å². The normalized spacial score (nSPS) is 16.8. The van der Waals surface area contributed by atoms with Gasteiger partial charge < -0.3 is 17.4 Å². The molecular formula is C18H35F8O4Si3. The molecular weight excluding hydrogens is 516 g/mol. The molecule has 2 unspecified atom stereocenters. The second kappa shape index (κ2) is 13.3. The van der Waals surface area contributed by atoms with E-state index >= 15 is 0 Å². The monoisotopic (exact) mass is 551 g/mol. The van der Waals surface area contributed by atoms with Crippen molar-refractivity contribution in [2.24, 2.45) is 0 Å². The molecule has 0 saturated carbocycles. The van der Waals surface area contributed by atoms with Gasteiger partial charge in [-0.2, -0.15) is 30.7 Å². The zero-order chi connectivity index (χ0) is 26.1. The van der Waals surface area contributed by atoms with Crippen molar-refractivity contribution in [3.8, 4) is 0 Å². The summed E-state index contributed by atoms with van der Waals surface area (Å²) < 4.78 is 128. The lowest BCUT2D eigenvalue weighted by molar-refractivity contribution is -0.378. The Hall–Kier alpha value is -0.0694. The lowest BCUT2D eigenvalue weighted by atomic mass is 10.1. The second-order valence-corrected chi connectivity index (χ2v) is 18.1. The van der Waals surface area contributed by atoms with Gasteiger partial charge in [-0.25, -0.2) is 4.39 Å². The van der Waals surface area contributed by atoms with Crippen LogP contribution in [-0.2, 0) is 17.4 Å². The molecule has 0 aromatic heterocycles. The van der Waals surface area contributed by atoms with Gasteiger partial charge >= 0.3 is 27.2 Å². The summed E-state index contributed by atoms with van der Waals surface area (Å²) in [6.45, 7) is 6.62. The molecule has 0 spiro atoms. The highest BCUT2D eigenvalue weighted by atomic mass is 28.5. The maximum absolute atomic E-state index is 14.1. The van der Waals surface area contributed by atoms with Gasteiger partial charge in [0.2, 0.25) is 0 Å². The zero-order valence-corrected chi connectivity index (χ0v) is 22.9. The Labute approximate surface area is 194 Å². The van der Waals surface area contributed by atoms with Gasteiger partial charge in [-0.3, -0.25) is 0 Å². The maximum Gasteiger partial charge on any atom is 0.512 e. The lowest BCUT2D eigenvalue weighted by Gasteiger charge is -2.45. The smallest absolute Gasteiger partial charge is 0.455 e. The molecule has 0 N–H and O–H groups in total. The van der Waals surface area contributed by atoms with E-state index in [-0.39, 0.29) is 6.42 Å². The van der Waals surface area contributed by atoms with Gasteiger partial charge in [0.05, 0.1) is 0 Å². The van der Waals surface area contributed by atoms with Crippen LogP contribution in [0.5, 0.6) is 0 Å². The van der Waals surface area contributed by atoms with Gasteiger partial charge in [0.25, 0.3) is 0 Å². The minimum absolute atomic E-state index is 0.0966. The molecule has 0 aromatic rings. The van der Waals surface area contributed by atoms with Crippen LogP contribution >= 0.6 is 0 Å². The summed E-state index contributed by atoms with van der Waals surface area (Å²) in [5.41, 5.74) is 0. The van der Waals surface area contributed by atoms with E-state index in [0.717, 1.165) is 19.3 Å². The quantitative estimate of drug-likeness (QED) is 0.107. The van der Waals surface area contributed by atoms with Crippen molar-refractivity contribution < 1.29 is 52.5 Å². The Kier molecular flexibility index (Phi) is 13.3. The van der Waals surface area contributed by atoms with Gasteiger partial charge in [-0.15, -0.1) is 0 Å². The molecule has 199 valence electrons. The highest BCUT2D eigenvalue weighted by molar-refractivity contribution is 6.90. The van der Waals surface area contributed by atoms with Crippen LogP contribution in [0.3, 0.4) is 0 Å². The third-order valence-electron chi connectivity index (χ3n) is 4.72. The molecule has 0 aliphatic heterocycles. The number of halogens is 8. The highest BCUT2D eigenvalue weighted by Gasteiger charge is 2.70. The highest BCUT2D eigenvalue weighted by Crippen LogP contribution is 2.48. The minimum atomic E-state index is -6.22. The van der Waals surface area contributed by atoms with E-state index in [4.69, 9.17) is 8.54 Å². The minimum Gasteiger partial charge on any atom is -0.455 e. The van der Waals surface area contributed by atoms with Gasteiger partial charge in [-0.05, 0) is 39.5 Å². The molecule has 15 heteroatoms. The van der Waals surface area contributed by atoms with Crippen molar-refractivity contribution in [2.75, 3.05) is 13.3 Å². The number of hydrogen-bond acceptors (Lipinski definition) is 4. The SMILES string of the molecule is CCCCCCCC([Si](C)(C)O[Si](C)C)[Si](OCC)(OC(F)(F)CF)OC(F)(F)C(F)(F)F. The fraction of sp³-hybridized carbons (Fsp3) is 1.00. The molecule has 0 amide bonds. The number of rotatable bonds is 17. The maximum atomic E-state index is 14.1. The first-order chi connectivity index (χ1) is 14.9. The summed E-state index contributed by atoms with van der Waals surface area (Å²) in [6.07, 6.45) is -13.4. The standard InChI is InChI=1S/C18H35F8O4Si3/c1-7-9-10-11-12-13-15(32(5,6)30-31(3)4)33(27-8-2,28-16(20,21)14-19)29-18(25,26)17(22,23)24/h15H,7-14H2,1-6H3. The van der Waals surface area contributed by atoms with Crippen LogP contribution in [0.25, 0.3) is 0 Å². The van der Waals surface area contributed by atoms with E-state index in [1.807, 2.05) is 6.92 Å². The van der Waals surface area contributed by atoms with E-state index in [2.05, 4.69) is 8.85 Å². The average molecular weight is 552 g/mol. The van der Waals surface area contributed by atoms with Gasteiger partial charge in [0, 0.05) is 11.8 Å². The van der Waals surface area contributed by atoms with E-state index in [9.17, 15) is 35.1 Å². The molecule has 4 nitrogen and oxygen atoms in total. The fourth-order valence-electron chi connectivity index (χ4n) is 3.50. The van der Waals surface area contributed by atoms with Crippen molar-refractivity contribution in [3.63, 3.8) is 0 Å². The first-order valence-electron chi connectivity index (χ1n) is 10.8. The van der Waals surface area contributed by atoms with E-state index < -0.39 is 63.0 Å². The van der Waals surface area contributed by atoms with Gasteiger partial charge in [0.15, 0.2) is 24.0 Å². The summed E-state index contributed by atoms with van der Waals surface area (Å²) in [4.78, 5) is 0. The first kappa shape index (κ1) is 32.9. The molecule has 2 atom stereocenters. The van der Waals surface area contributed by atoms with Crippen LogP contribution in [0.4, 0.5) is 35.1 Å². The van der Waals surface area contributed by atoms with Crippen LogP contribution in [0.1, 0.15) is 52.4 Å². The summed E-state index contributed by atoms with van der Waals surface area (Å²) >= 11 is 0. The zero-order valence-electron chi connectivity index (χ0n) is 19.9. The first-order valence-corrected chi connectivity index (χ1v) is 18.0. The van der Waals surface area contributed by atoms with Crippen molar-refractivity contribution in [2.45, 2.75) is 102 Å². The lowest BCUT2D eigenvalue weighted by Crippen LogP contribution is -2.65. The number of alkyl halides is 8. The van der Waals surface area contributed by atoms with Crippen molar-refractivity contribution in [3.05, 3.63) is 0 Å². The Morgan fingerprint density at radius 3 is 1.82 bits per heavy atom. The Bertz CT molecular complexity index is 567. The van der Waals surface area contributed by atoms with Gasteiger partial charge in [-0.1, -0.05) is 39.0 Å². The summed E-state index contributed by atoms with van der Waals surface area (Å²) in [7, 11) is -10.5. The Morgan fingerprint density at radius 2 is 1.39 bits per heavy atom. The summed E-state index contributed by atoms with van der Waals surface area (Å²) in [5.74, 6) is 0. The van der Waals surface area contributed by atoms with Crippen molar-refractivity contribution in [1.29, 1.82) is 0 Å². The fourth-order valence-corrected chi connectivity index (χ4v) is 16.3. The summed E-state index contributed by atoms with van der Waals surface area (Å²) in [5, 5.41) is -1.42. The predicted octanol–water partition coefficient (Wildman–Crippen LogP) is 7.46. The molecule has 33 heavy (non-hydrogen) atoms. The molecule has 0 bridgehead atoms. The predicted molar refractivity (Wildman–Crippen MR) is 115 cm³/mol. The number of hydrogen-bond donors (Lipinski definition) is 0. The third kappa shape index (κ3) is 10.6. The van der Waals surface area contributed by atoms with Crippen LogP contribution in [0.15, 0.2) is 0 Å². The Balaban J connectivity index is 6.60. The van der Waals surface area contributed by atoms with Crippen LogP contribution in [0.2, 0.25) is 31.4 Å². The summed E-state index contributed by atoms with van der Waals surface area (Å²) in [6, 6.07) is 0. The molecule has 0 aromatic carbocycles. The molecule has 0 rings (SSSR count). The van der Waals surface area contributed by atoms with Crippen LogP contribution in [-0.4, -0.2) is 57.8 Å². The van der Waals surface area contributed by atoms with E-state index in [1.54, 1.807) is 13.1 Å². The third-order valence-corrected chi connectivity index (χ3v) is 16.5. The Morgan fingerprint density at radius 1 is 0.848 bits per heavy atom.